The highest BCUT2D eigenvalue weighted by atomic mass is 16.4. The van der Waals surface area contributed by atoms with Crippen molar-refractivity contribution in [1.29, 1.82) is 0 Å². The zero-order valence-corrected chi connectivity index (χ0v) is 14.0. The van der Waals surface area contributed by atoms with E-state index in [9.17, 15) is 14.4 Å². The van der Waals surface area contributed by atoms with Gasteiger partial charge < -0.3 is 10.4 Å². The van der Waals surface area contributed by atoms with Gasteiger partial charge in [0, 0.05) is 11.6 Å². The summed E-state index contributed by atoms with van der Waals surface area (Å²) in [5.41, 5.74) is 0.962. The maximum absolute atomic E-state index is 12.0. The number of carbonyl (C=O) groups is 2. The molecule has 2 aromatic carbocycles. The third kappa shape index (κ3) is 3.61. The third-order valence-electron chi connectivity index (χ3n) is 3.97. The number of benzene rings is 2. The minimum Gasteiger partial charge on any atom is -0.480 e. The van der Waals surface area contributed by atoms with Gasteiger partial charge in [-0.1, -0.05) is 42.5 Å². The molecule has 1 atom stereocenters. The first-order valence-electron chi connectivity index (χ1n) is 8.04. The molecule has 0 spiro atoms. The lowest BCUT2D eigenvalue weighted by atomic mass is 10.0. The summed E-state index contributed by atoms with van der Waals surface area (Å²) in [4.78, 5) is 34.8. The second-order valence-corrected chi connectivity index (χ2v) is 5.87. The first kappa shape index (κ1) is 17.3. The average Bonchev–Trinajstić information content (AvgIpc) is 2.63. The predicted molar refractivity (Wildman–Crippen MR) is 96.7 cm³/mol. The smallest absolute Gasteiger partial charge is 0.325 e. The van der Waals surface area contributed by atoms with Crippen molar-refractivity contribution in [3.8, 4) is 11.3 Å². The number of nitrogens with one attached hydrogen (secondary N) is 1. The number of nitrogens with zero attached hydrogens (tertiary/aromatic N) is 2. The lowest BCUT2D eigenvalue weighted by molar-refractivity contribution is -0.141. The Bertz CT molecular complexity index is 1040. The van der Waals surface area contributed by atoms with Crippen LogP contribution in [0, 0.1) is 0 Å². The van der Waals surface area contributed by atoms with E-state index in [2.05, 4.69) is 10.4 Å². The van der Waals surface area contributed by atoms with E-state index in [0.29, 0.717) is 5.69 Å². The minimum atomic E-state index is -1.15. The van der Waals surface area contributed by atoms with E-state index in [4.69, 9.17) is 5.11 Å². The topological polar surface area (TPSA) is 101 Å². The second kappa shape index (κ2) is 7.18. The summed E-state index contributed by atoms with van der Waals surface area (Å²) in [6.45, 7) is 0.998. The van der Waals surface area contributed by atoms with Crippen molar-refractivity contribution in [1.82, 2.24) is 15.1 Å². The van der Waals surface area contributed by atoms with Crippen LogP contribution in [0.25, 0.3) is 22.0 Å². The predicted octanol–water partition coefficient (Wildman–Crippen LogP) is 1.65. The third-order valence-corrected chi connectivity index (χ3v) is 3.97. The van der Waals surface area contributed by atoms with Gasteiger partial charge in [-0.05, 0) is 23.8 Å². The van der Waals surface area contributed by atoms with Gasteiger partial charge in [-0.15, -0.1) is 0 Å². The minimum absolute atomic E-state index is 0.352. The molecule has 26 heavy (non-hydrogen) atoms. The molecule has 1 unspecified atom stereocenters. The molecule has 0 aliphatic rings. The van der Waals surface area contributed by atoms with E-state index in [0.717, 1.165) is 21.0 Å². The Morgan fingerprint density at radius 1 is 1.12 bits per heavy atom. The zero-order chi connectivity index (χ0) is 18.7. The van der Waals surface area contributed by atoms with Crippen molar-refractivity contribution in [2.24, 2.45) is 0 Å². The fourth-order valence-corrected chi connectivity index (χ4v) is 2.64. The Labute approximate surface area is 148 Å². The molecule has 1 amide bonds. The highest BCUT2D eigenvalue weighted by Gasteiger charge is 2.15. The number of aromatic nitrogens is 2. The SMILES string of the molecule is CC(NC(=O)Cn1nc(-c2cccc3ccccc23)ccc1=O)C(=O)O. The number of fused-ring (bicyclic) bond motifs is 1. The summed E-state index contributed by atoms with van der Waals surface area (Å²) in [6.07, 6.45) is 0. The van der Waals surface area contributed by atoms with E-state index >= 15 is 0 Å². The number of amides is 1. The van der Waals surface area contributed by atoms with Crippen LogP contribution in [-0.2, 0) is 16.1 Å². The molecule has 3 aromatic rings. The van der Waals surface area contributed by atoms with Gasteiger partial charge in [0.05, 0.1) is 5.69 Å². The Morgan fingerprint density at radius 3 is 2.62 bits per heavy atom. The second-order valence-electron chi connectivity index (χ2n) is 5.87. The van der Waals surface area contributed by atoms with Crippen molar-refractivity contribution in [3.05, 3.63) is 65.0 Å². The summed E-state index contributed by atoms with van der Waals surface area (Å²) in [5.74, 6) is -1.74. The molecule has 0 radical (unpaired) electrons. The number of carboxylic acid groups (broad SMARTS) is 1. The van der Waals surface area contributed by atoms with Gasteiger partial charge >= 0.3 is 5.97 Å². The van der Waals surface area contributed by atoms with Gasteiger partial charge in [0.2, 0.25) is 5.91 Å². The fourth-order valence-electron chi connectivity index (χ4n) is 2.64. The van der Waals surface area contributed by atoms with Gasteiger partial charge in [0.1, 0.15) is 12.6 Å². The van der Waals surface area contributed by atoms with E-state index in [1.165, 1.54) is 13.0 Å². The molecule has 7 heteroatoms. The first-order valence-corrected chi connectivity index (χ1v) is 8.04. The van der Waals surface area contributed by atoms with Crippen LogP contribution in [0.5, 0.6) is 0 Å². The normalized spacial score (nSPS) is 11.9. The van der Waals surface area contributed by atoms with Crippen LogP contribution in [0.3, 0.4) is 0 Å². The molecular weight excluding hydrogens is 334 g/mol. The summed E-state index contributed by atoms with van der Waals surface area (Å²) < 4.78 is 1.03. The van der Waals surface area contributed by atoms with Crippen LogP contribution >= 0.6 is 0 Å². The number of rotatable bonds is 5. The molecule has 0 aliphatic carbocycles. The fraction of sp³-hybridized carbons (Fsp3) is 0.158. The summed E-state index contributed by atoms with van der Waals surface area (Å²) in [5, 5.41) is 17.5. The van der Waals surface area contributed by atoms with Crippen LogP contribution in [-0.4, -0.2) is 32.8 Å². The number of carbonyl (C=O) groups excluding carboxylic acids is 1. The molecule has 2 N–H and O–H groups in total. The van der Waals surface area contributed by atoms with Crippen molar-refractivity contribution in [2.45, 2.75) is 19.5 Å². The zero-order valence-electron chi connectivity index (χ0n) is 14.0. The van der Waals surface area contributed by atoms with Crippen molar-refractivity contribution < 1.29 is 14.7 Å². The van der Waals surface area contributed by atoms with Crippen molar-refractivity contribution in [3.63, 3.8) is 0 Å². The van der Waals surface area contributed by atoms with E-state index < -0.39 is 23.5 Å². The van der Waals surface area contributed by atoms with Gasteiger partial charge in [-0.2, -0.15) is 5.10 Å². The molecule has 3 rings (SSSR count). The van der Waals surface area contributed by atoms with Crippen molar-refractivity contribution in [2.75, 3.05) is 0 Å². The molecule has 0 fully saturated rings. The van der Waals surface area contributed by atoms with E-state index in [1.807, 2.05) is 42.5 Å². The molecule has 1 aromatic heterocycles. The molecule has 0 aliphatic heterocycles. The number of carboxylic acids is 1. The molecule has 132 valence electrons. The van der Waals surface area contributed by atoms with E-state index in [1.54, 1.807) is 6.07 Å². The molecule has 7 nitrogen and oxygen atoms in total. The molecule has 0 saturated carbocycles. The van der Waals surface area contributed by atoms with Gasteiger partial charge in [-0.25, -0.2) is 4.68 Å². The Hall–Kier alpha value is -3.48. The largest absolute Gasteiger partial charge is 0.480 e. The van der Waals surface area contributed by atoms with Crippen molar-refractivity contribution >= 4 is 22.6 Å². The Morgan fingerprint density at radius 2 is 1.85 bits per heavy atom. The number of aliphatic carboxylic acids is 1. The summed E-state index contributed by atoms with van der Waals surface area (Å²) in [7, 11) is 0. The Balaban J connectivity index is 1.94. The highest BCUT2D eigenvalue weighted by molar-refractivity contribution is 5.95. The monoisotopic (exact) mass is 351 g/mol. The summed E-state index contributed by atoms with van der Waals surface area (Å²) in [6, 6.07) is 15.5. The number of hydrogen-bond donors (Lipinski definition) is 2. The maximum Gasteiger partial charge on any atom is 0.325 e. The van der Waals surface area contributed by atoms with Crippen LogP contribution in [0.1, 0.15) is 6.92 Å². The molecule has 0 saturated heterocycles. The van der Waals surface area contributed by atoms with Crippen LogP contribution in [0.2, 0.25) is 0 Å². The molecule has 0 bridgehead atoms. The quantitative estimate of drug-likeness (QED) is 0.728. The van der Waals surface area contributed by atoms with Crippen LogP contribution in [0.4, 0.5) is 0 Å². The lowest BCUT2D eigenvalue weighted by Gasteiger charge is -2.11. The van der Waals surface area contributed by atoms with Gasteiger partial charge in [-0.3, -0.25) is 14.4 Å². The summed E-state index contributed by atoms with van der Waals surface area (Å²) >= 11 is 0. The lowest BCUT2D eigenvalue weighted by Crippen LogP contribution is -2.41. The highest BCUT2D eigenvalue weighted by Crippen LogP contribution is 2.26. The standard InChI is InChI=1S/C19H17N3O4/c1-12(19(25)26)20-17(23)11-22-18(24)10-9-16(21-22)15-8-4-6-13-5-2-3-7-14(13)15/h2-10,12H,11H2,1H3,(H,20,23)(H,25,26). The maximum atomic E-state index is 12.0. The van der Waals surface area contributed by atoms with Crippen LogP contribution in [0.15, 0.2) is 59.4 Å². The van der Waals surface area contributed by atoms with Crippen LogP contribution < -0.4 is 10.9 Å². The molecular formula is C19H17N3O4. The van der Waals surface area contributed by atoms with Gasteiger partial charge in [0.25, 0.3) is 5.56 Å². The molecule has 1 heterocycles. The van der Waals surface area contributed by atoms with E-state index in [-0.39, 0.29) is 6.54 Å². The van der Waals surface area contributed by atoms with Gasteiger partial charge in [0.15, 0.2) is 0 Å². The first-order chi connectivity index (χ1) is 12.5. The number of hydrogen-bond acceptors (Lipinski definition) is 4. The Kier molecular flexibility index (Phi) is 4.79. The average molecular weight is 351 g/mol.